The number of carbonyl (C=O) groups is 3. The monoisotopic (exact) mass is 609 g/mol. The third-order valence-corrected chi connectivity index (χ3v) is 8.47. The van der Waals surface area contributed by atoms with Crippen LogP contribution in [-0.2, 0) is 16.1 Å². The molecule has 3 heterocycles. The van der Waals surface area contributed by atoms with E-state index in [-0.39, 0.29) is 17.9 Å². The maximum Gasteiger partial charge on any atom is 0.410 e. The molecule has 0 aliphatic carbocycles. The molecular formula is C34H35N5O4S. The average molecular weight is 610 g/mol. The van der Waals surface area contributed by atoms with E-state index in [1.807, 2.05) is 69.3 Å². The first-order valence-corrected chi connectivity index (χ1v) is 15.6. The predicted octanol–water partition coefficient (Wildman–Crippen LogP) is 6.20. The van der Waals surface area contributed by atoms with E-state index in [2.05, 4.69) is 39.5 Å². The standard InChI is InChI=1S/C34H35N5O4S/c1-34(2,3)43-33(42)38-18-16-37(17-19-38)27-13-11-23(12-14-27)25-9-10-26-22-39(31(41)28(26)21-25)29(24-7-5-4-6-8-24)30(40)36-32-35-15-20-44-32/h4-15,20-21,29H,16-19,22H2,1-3H3,(H,35,36,40). The Bertz CT molecular complexity index is 1640. The molecule has 1 aromatic heterocycles. The van der Waals surface area contributed by atoms with Gasteiger partial charge in [0.15, 0.2) is 5.13 Å². The smallest absolute Gasteiger partial charge is 0.410 e. The van der Waals surface area contributed by atoms with Crippen molar-refractivity contribution in [3.05, 3.63) is 101 Å². The van der Waals surface area contributed by atoms with Gasteiger partial charge in [-0.1, -0.05) is 54.6 Å². The number of benzene rings is 3. The summed E-state index contributed by atoms with van der Waals surface area (Å²) in [5, 5.41) is 5.17. The molecule has 0 bridgehead atoms. The van der Waals surface area contributed by atoms with Gasteiger partial charge in [-0.3, -0.25) is 14.9 Å². The van der Waals surface area contributed by atoms with Crippen molar-refractivity contribution in [2.24, 2.45) is 0 Å². The summed E-state index contributed by atoms with van der Waals surface area (Å²) in [7, 11) is 0. The minimum absolute atomic E-state index is 0.176. The molecule has 0 spiro atoms. The number of amides is 3. The van der Waals surface area contributed by atoms with Crippen molar-refractivity contribution < 1.29 is 19.1 Å². The maximum atomic E-state index is 13.8. The number of nitrogens with zero attached hydrogens (tertiary/aromatic N) is 4. The van der Waals surface area contributed by atoms with Crippen molar-refractivity contribution >= 4 is 40.1 Å². The van der Waals surface area contributed by atoms with Crippen LogP contribution in [0.25, 0.3) is 11.1 Å². The molecular weight excluding hydrogens is 574 g/mol. The third kappa shape index (κ3) is 6.30. The zero-order chi connectivity index (χ0) is 30.8. The Morgan fingerprint density at radius 3 is 2.30 bits per heavy atom. The number of fused-ring (bicyclic) bond motifs is 1. The number of hydrogen-bond donors (Lipinski definition) is 1. The second kappa shape index (κ2) is 12.1. The molecule has 1 N–H and O–H groups in total. The lowest BCUT2D eigenvalue weighted by Gasteiger charge is -2.36. The Hall–Kier alpha value is -4.70. The van der Waals surface area contributed by atoms with Crippen LogP contribution in [0.1, 0.15) is 48.3 Å². The minimum atomic E-state index is -0.793. The first kappa shape index (κ1) is 29.4. The normalized spacial score (nSPS) is 15.6. The summed E-state index contributed by atoms with van der Waals surface area (Å²) < 4.78 is 5.52. The van der Waals surface area contributed by atoms with E-state index in [0.717, 1.165) is 41.0 Å². The first-order chi connectivity index (χ1) is 21.2. The highest BCUT2D eigenvalue weighted by Crippen LogP contribution is 2.35. The van der Waals surface area contributed by atoms with Gasteiger partial charge in [0.2, 0.25) is 0 Å². The molecule has 9 nitrogen and oxygen atoms in total. The van der Waals surface area contributed by atoms with Crippen molar-refractivity contribution in [1.82, 2.24) is 14.8 Å². The molecule has 1 saturated heterocycles. The van der Waals surface area contributed by atoms with E-state index in [0.29, 0.717) is 30.3 Å². The van der Waals surface area contributed by atoms with Crippen LogP contribution in [0.15, 0.2) is 84.4 Å². The maximum absolute atomic E-state index is 13.8. The molecule has 226 valence electrons. The zero-order valence-electron chi connectivity index (χ0n) is 25.0. The molecule has 44 heavy (non-hydrogen) atoms. The molecule has 2 aliphatic rings. The Labute approximate surface area is 261 Å². The second-order valence-corrected chi connectivity index (χ2v) is 12.8. The SMILES string of the molecule is CC(C)(C)OC(=O)N1CCN(c2ccc(-c3ccc4c(c3)C(=O)N(C(C(=O)Nc3nccs3)c3ccccc3)C4)cc2)CC1. The van der Waals surface area contributed by atoms with Gasteiger partial charge < -0.3 is 19.4 Å². The number of anilines is 2. The Morgan fingerprint density at radius 2 is 1.64 bits per heavy atom. The van der Waals surface area contributed by atoms with Crippen molar-refractivity contribution in [2.75, 3.05) is 36.4 Å². The Kier molecular flexibility index (Phi) is 8.09. The van der Waals surface area contributed by atoms with Crippen LogP contribution in [0.4, 0.5) is 15.6 Å². The number of ether oxygens (including phenoxy) is 1. The molecule has 1 atom stereocenters. The Balaban J connectivity index is 1.16. The quantitative estimate of drug-likeness (QED) is 0.280. The molecule has 6 rings (SSSR count). The van der Waals surface area contributed by atoms with Crippen LogP contribution in [0.2, 0.25) is 0 Å². The van der Waals surface area contributed by atoms with Gasteiger partial charge in [0, 0.05) is 55.6 Å². The highest BCUT2D eigenvalue weighted by molar-refractivity contribution is 7.13. The largest absolute Gasteiger partial charge is 0.444 e. The fraction of sp³-hybridized carbons (Fsp3) is 0.294. The van der Waals surface area contributed by atoms with Gasteiger partial charge in [-0.05, 0) is 61.2 Å². The predicted molar refractivity (Wildman–Crippen MR) is 172 cm³/mol. The number of piperazine rings is 1. The van der Waals surface area contributed by atoms with E-state index >= 15 is 0 Å². The van der Waals surface area contributed by atoms with Gasteiger partial charge in [-0.2, -0.15) is 0 Å². The topological polar surface area (TPSA) is 95.1 Å². The fourth-order valence-electron chi connectivity index (χ4n) is 5.62. The number of aromatic nitrogens is 1. The van der Waals surface area contributed by atoms with Crippen LogP contribution in [0.3, 0.4) is 0 Å². The van der Waals surface area contributed by atoms with Crippen molar-refractivity contribution in [3.8, 4) is 11.1 Å². The van der Waals surface area contributed by atoms with Crippen molar-refractivity contribution in [1.29, 1.82) is 0 Å². The van der Waals surface area contributed by atoms with Crippen LogP contribution < -0.4 is 10.2 Å². The number of rotatable bonds is 6. The average Bonchev–Trinajstić information content (AvgIpc) is 3.64. The van der Waals surface area contributed by atoms with Gasteiger partial charge in [-0.25, -0.2) is 9.78 Å². The highest BCUT2D eigenvalue weighted by atomic mass is 32.1. The zero-order valence-corrected chi connectivity index (χ0v) is 25.8. The lowest BCUT2D eigenvalue weighted by atomic mass is 10.00. The van der Waals surface area contributed by atoms with E-state index < -0.39 is 11.6 Å². The first-order valence-electron chi connectivity index (χ1n) is 14.7. The number of carbonyl (C=O) groups excluding carboxylic acids is 3. The molecule has 3 amide bonds. The molecule has 3 aromatic carbocycles. The number of nitrogens with one attached hydrogen (secondary N) is 1. The number of thiazole rings is 1. The minimum Gasteiger partial charge on any atom is -0.444 e. The lowest BCUT2D eigenvalue weighted by molar-refractivity contribution is -0.120. The van der Waals surface area contributed by atoms with Gasteiger partial charge in [0.05, 0.1) is 0 Å². The van der Waals surface area contributed by atoms with E-state index in [1.165, 1.54) is 11.3 Å². The van der Waals surface area contributed by atoms with Crippen LogP contribution in [-0.4, -0.2) is 64.5 Å². The van der Waals surface area contributed by atoms with E-state index in [1.54, 1.807) is 21.4 Å². The number of hydrogen-bond acceptors (Lipinski definition) is 7. The molecule has 4 aromatic rings. The van der Waals surface area contributed by atoms with E-state index in [9.17, 15) is 14.4 Å². The molecule has 1 unspecified atom stereocenters. The fourth-order valence-corrected chi connectivity index (χ4v) is 6.15. The van der Waals surface area contributed by atoms with Crippen molar-refractivity contribution in [2.45, 2.75) is 39.0 Å². The molecule has 0 saturated carbocycles. The summed E-state index contributed by atoms with van der Waals surface area (Å²) in [5.74, 6) is -0.473. The summed E-state index contributed by atoms with van der Waals surface area (Å²) in [6.07, 6.45) is 1.36. The van der Waals surface area contributed by atoms with E-state index in [4.69, 9.17) is 4.74 Å². The summed E-state index contributed by atoms with van der Waals surface area (Å²) >= 11 is 1.34. The highest BCUT2D eigenvalue weighted by Gasteiger charge is 2.38. The molecule has 10 heteroatoms. The van der Waals surface area contributed by atoms with Gasteiger partial charge in [0.25, 0.3) is 11.8 Å². The summed E-state index contributed by atoms with van der Waals surface area (Å²) in [4.78, 5) is 49.5. The summed E-state index contributed by atoms with van der Waals surface area (Å²) in [5.41, 5.74) is 4.74. The van der Waals surface area contributed by atoms with Crippen LogP contribution >= 0.6 is 11.3 Å². The second-order valence-electron chi connectivity index (χ2n) is 11.9. The molecule has 2 aliphatic heterocycles. The van der Waals surface area contributed by atoms with Crippen LogP contribution in [0, 0.1) is 0 Å². The van der Waals surface area contributed by atoms with Gasteiger partial charge >= 0.3 is 6.09 Å². The van der Waals surface area contributed by atoms with Gasteiger partial charge in [-0.15, -0.1) is 11.3 Å². The van der Waals surface area contributed by atoms with Crippen molar-refractivity contribution in [3.63, 3.8) is 0 Å². The third-order valence-electron chi connectivity index (χ3n) is 7.78. The molecule has 0 radical (unpaired) electrons. The summed E-state index contributed by atoms with van der Waals surface area (Å²) in [6, 6.07) is 22.8. The molecule has 1 fully saturated rings. The Morgan fingerprint density at radius 1 is 0.932 bits per heavy atom. The summed E-state index contributed by atoms with van der Waals surface area (Å²) in [6.45, 7) is 8.62. The lowest BCUT2D eigenvalue weighted by Crippen LogP contribution is -2.50. The van der Waals surface area contributed by atoms with Crippen LogP contribution in [0.5, 0.6) is 0 Å². The van der Waals surface area contributed by atoms with Gasteiger partial charge in [0.1, 0.15) is 11.6 Å².